The summed E-state index contributed by atoms with van der Waals surface area (Å²) in [6.45, 7) is 2.05. The van der Waals surface area contributed by atoms with Gasteiger partial charge >= 0.3 is 0 Å². The monoisotopic (exact) mass is 803 g/mol. The minimum Gasteiger partial charge on any atom is -0.392 e. The molecule has 4 unspecified atom stereocenters. The zero-order valence-electron chi connectivity index (χ0n) is 31.7. The van der Waals surface area contributed by atoms with Crippen molar-refractivity contribution in [1.29, 1.82) is 0 Å². The van der Waals surface area contributed by atoms with Crippen molar-refractivity contribution in [3.8, 4) is 11.1 Å². The second kappa shape index (κ2) is 18.4. The van der Waals surface area contributed by atoms with Crippen LogP contribution in [0.3, 0.4) is 0 Å². The maximum Gasteiger partial charge on any atom is 0.241 e. The average molecular weight is 804 g/mol. The third-order valence-electron chi connectivity index (χ3n) is 9.80. The van der Waals surface area contributed by atoms with Gasteiger partial charge in [-0.15, -0.1) is 10.2 Å². The van der Waals surface area contributed by atoms with E-state index in [0.29, 0.717) is 12.2 Å². The van der Waals surface area contributed by atoms with Crippen LogP contribution in [0.2, 0.25) is 0 Å². The van der Waals surface area contributed by atoms with E-state index < -0.39 is 28.3 Å². The van der Waals surface area contributed by atoms with Crippen molar-refractivity contribution >= 4 is 27.7 Å². The Hall–Kier alpha value is -5.15. The molecule has 1 amide bonds. The van der Waals surface area contributed by atoms with Crippen molar-refractivity contribution in [2.45, 2.75) is 67.5 Å². The van der Waals surface area contributed by atoms with E-state index in [1.54, 1.807) is 30.2 Å². The van der Waals surface area contributed by atoms with E-state index in [2.05, 4.69) is 26.3 Å². The highest BCUT2D eigenvalue weighted by molar-refractivity contribution is 7.99. The summed E-state index contributed by atoms with van der Waals surface area (Å²) in [5.41, 5.74) is 7.20. The van der Waals surface area contributed by atoms with Gasteiger partial charge in [0.1, 0.15) is 12.4 Å². The molecule has 0 bridgehead atoms. The number of thioether (sulfide) groups is 1. The molecule has 6 aromatic rings. The molecule has 11 nitrogen and oxygen atoms in total. The number of nitrogens with zero attached hydrogens (tertiary/aromatic N) is 3. The third-order valence-corrected chi connectivity index (χ3v) is 12.5. The topological polar surface area (TPSA) is 145 Å². The fraction of sp³-hybridized carbons (Fsp3) is 0.250. The Balaban J connectivity index is 1.06. The summed E-state index contributed by atoms with van der Waals surface area (Å²) in [5.74, 6) is 0.228. The first-order chi connectivity index (χ1) is 27.6. The van der Waals surface area contributed by atoms with E-state index in [1.165, 1.54) is 12.1 Å². The van der Waals surface area contributed by atoms with Gasteiger partial charge in [-0.1, -0.05) is 120 Å². The zero-order chi connectivity index (χ0) is 39.8. The summed E-state index contributed by atoms with van der Waals surface area (Å²) >= 11 is 1.58. The van der Waals surface area contributed by atoms with Gasteiger partial charge in [-0.25, -0.2) is 8.42 Å². The number of carbonyl (C=O) groups excluding carboxylic acids is 1. The number of ether oxygens (including phenoxy) is 2. The highest BCUT2D eigenvalue weighted by Crippen LogP contribution is 2.40. The second-order valence-corrected chi connectivity index (χ2v) is 16.8. The molecule has 1 aromatic heterocycles. The minimum absolute atomic E-state index is 0.0281. The molecule has 0 saturated carbocycles. The fourth-order valence-electron chi connectivity index (χ4n) is 6.64. The molecule has 4 atom stereocenters. The number of nitrogens with one attached hydrogen (secondary N) is 2. The number of amides is 1. The van der Waals surface area contributed by atoms with E-state index in [4.69, 9.17) is 9.47 Å². The highest BCUT2D eigenvalue weighted by atomic mass is 32.2. The highest BCUT2D eigenvalue weighted by Gasteiger charge is 2.33. The Morgan fingerprint density at radius 2 is 1.58 bits per heavy atom. The molecule has 7 rings (SSSR count). The first kappa shape index (κ1) is 40.1. The Labute approximate surface area is 337 Å². The molecule has 0 aliphatic carbocycles. The smallest absolute Gasteiger partial charge is 0.241 e. The quantitative estimate of drug-likeness (QED) is 0.0953. The summed E-state index contributed by atoms with van der Waals surface area (Å²) in [7, 11) is -2.06. The van der Waals surface area contributed by atoms with Crippen LogP contribution >= 0.6 is 11.8 Å². The largest absolute Gasteiger partial charge is 0.392 e. The van der Waals surface area contributed by atoms with Gasteiger partial charge in [0.2, 0.25) is 15.9 Å². The predicted molar refractivity (Wildman–Crippen MR) is 219 cm³/mol. The third kappa shape index (κ3) is 10.4. The lowest BCUT2D eigenvalue weighted by Gasteiger charge is -2.36. The van der Waals surface area contributed by atoms with Crippen molar-refractivity contribution in [3.63, 3.8) is 0 Å². The Kier molecular flexibility index (Phi) is 12.9. The van der Waals surface area contributed by atoms with Gasteiger partial charge in [0, 0.05) is 31.3 Å². The van der Waals surface area contributed by atoms with Crippen LogP contribution < -0.4 is 10.0 Å². The molecular weight excluding hydrogens is 759 g/mol. The number of aryl methyl sites for hydroxylation is 2. The maximum absolute atomic E-state index is 13.7. The normalized spacial score (nSPS) is 17.6. The van der Waals surface area contributed by atoms with Gasteiger partial charge in [0.15, 0.2) is 11.4 Å². The van der Waals surface area contributed by atoms with Crippen LogP contribution in [-0.4, -0.2) is 52.1 Å². The van der Waals surface area contributed by atoms with Crippen LogP contribution in [-0.2, 0) is 50.9 Å². The molecule has 1 aliphatic rings. The number of carbonyl (C=O) groups is 1. The zero-order valence-corrected chi connectivity index (χ0v) is 33.3. The standard InChI is InChI=1S/C44H45N5O6S2/c1-30-14-20-39(21-15-30)57(52,53)48-40(23-31-8-4-3-5-9-31)42(51)45-26-33-10-6-11-35(22-33)36-12-7-13-37(24-36)43-54-38(28-56-44-47-46-29-49(44)2)25-41(55-43)34-18-16-32(27-50)17-19-34/h3-22,24,29,38,40-41,43,48,50H,23,25-28H2,1-2H3,(H,45,51). The van der Waals surface area contributed by atoms with E-state index in [-0.39, 0.29) is 36.7 Å². The summed E-state index contributed by atoms with van der Waals surface area (Å²) in [6.07, 6.45) is 1.49. The van der Waals surface area contributed by atoms with Crippen molar-refractivity contribution in [2.75, 3.05) is 5.75 Å². The number of aliphatic hydroxyl groups excluding tert-OH is 1. The minimum atomic E-state index is -3.97. The number of aromatic nitrogens is 3. The van der Waals surface area contributed by atoms with Crippen molar-refractivity contribution in [1.82, 2.24) is 24.8 Å². The lowest BCUT2D eigenvalue weighted by Crippen LogP contribution is -2.47. The summed E-state index contributed by atoms with van der Waals surface area (Å²) in [4.78, 5) is 13.8. The molecule has 57 heavy (non-hydrogen) atoms. The maximum atomic E-state index is 13.7. The van der Waals surface area contributed by atoms with Crippen molar-refractivity contribution in [2.24, 2.45) is 7.05 Å². The van der Waals surface area contributed by atoms with Gasteiger partial charge in [0.05, 0.1) is 23.7 Å². The van der Waals surface area contributed by atoms with Crippen LogP contribution in [0, 0.1) is 6.92 Å². The molecule has 2 heterocycles. The number of aliphatic hydroxyl groups is 1. The molecule has 1 saturated heterocycles. The van der Waals surface area contributed by atoms with Gasteiger partial charge in [-0.3, -0.25) is 4.79 Å². The molecule has 3 N–H and O–H groups in total. The number of benzene rings is 5. The first-order valence-corrected chi connectivity index (χ1v) is 21.2. The fourth-order valence-corrected chi connectivity index (χ4v) is 8.74. The van der Waals surface area contributed by atoms with Crippen LogP contribution in [0.25, 0.3) is 11.1 Å². The number of rotatable bonds is 15. The lowest BCUT2D eigenvalue weighted by atomic mass is 9.99. The van der Waals surface area contributed by atoms with E-state index in [1.807, 2.05) is 116 Å². The Morgan fingerprint density at radius 1 is 0.860 bits per heavy atom. The average Bonchev–Trinajstić information content (AvgIpc) is 3.66. The van der Waals surface area contributed by atoms with Gasteiger partial charge in [-0.2, -0.15) is 4.72 Å². The van der Waals surface area contributed by atoms with Crippen molar-refractivity contribution < 1.29 is 27.8 Å². The summed E-state index contributed by atoms with van der Waals surface area (Å²) < 4.78 is 44.5. The molecule has 1 aliphatic heterocycles. The second-order valence-electron chi connectivity index (χ2n) is 14.1. The van der Waals surface area contributed by atoms with Gasteiger partial charge < -0.3 is 24.5 Å². The Morgan fingerprint density at radius 3 is 2.30 bits per heavy atom. The lowest BCUT2D eigenvalue weighted by molar-refractivity contribution is -0.245. The molecule has 0 spiro atoms. The number of hydrogen-bond acceptors (Lipinski definition) is 9. The van der Waals surface area contributed by atoms with Crippen LogP contribution in [0.1, 0.15) is 52.2 Å². The van der Waals surface area contributed by atoms with Gasteiger partial charge in [-0.05, 0) is 71.0 Å². The van der Waals surface area contributed by atoms with E-state index >= 15 is 0 Å². The molecule has 294 valence electrons. The Bertz CT molecular complexity index is 2370. The summed E-state index contributed by atoms with van der Waals surface area (Å²) in [5, 5.41) is 21.6. The molecule has 1 fully saturated rings. The predicted octanol–water partition coefficient (Wildman–Crippen LogP) is 6.83. The first-order valence-electron chi connectivity index (χ1n) is 18.7. The molecule has 5 aromatic carbocycles. The summed E-state index contributed by atoms with van der Waals surface area (Å²) in [6, 6.07) is 38.6. The van der Waals surface area contributed by atoms with Crippen molar-refractivity contribution in [3.05, 3.63) is 167 Å². The molecule has 13 heteroatoms. The van der Waals surface area contributed by atoms with Crippen LogP contribution in [0.4, 0.5) is 0 Å². The molecular formula is C44H45N5O6S2. The molecule has 0 radical (unpaired) electrons. The van der Waals surface area contributed by atoms with E-state index in [9.17, 15) is 18.3 Å². The number of sulfonamides is 1. The van der Waals surface area contributed by atoms with Gasteiger partial charge in [0.25, 0.3) is 0 Å². The van der Waals surface area contributed by atoms with E-state index in [0.717, 1.165) is 49.7 Å². The van der Waals surface area contributed by atoms with Crippen LogP contribution in [0.15, 0.2) is 144 Å². The van der Waals surface area contributed by atoms with Crippen LogP contribution in [0.5, 0.6) is 0 Å². The SMILES string of the molecule is Cc1ccc(S(=O)(=O)NC(Cc2ccccc2)C(=O)NCc2cccc(-c3cccc(C4OC(CSc5nncn5C)CC(c5ccc(CO)cc5)O4)c3)c2)cc1. The number of hydrogen-bond donors (Lipinski definition) is 3.